The Hall–Kier alpha value is -2.18. The van der Waals surface area contributed by atoms with Gasteiger partial charge in [0, 0.05) is 18.1 Å². The Morgan fingerprint density at radius 3 is 3.05 bits per heavy atom. The summed E-state index contributed by atoms with van der Waals surface area (Å²) in [6.45, 7) is 0.802. The average molecular weight is 288 g/mol. The minimum Gasteiger partial charge on any atom is -0.465 e. The van der Waals surface area contributed by atoms with Gasteiger partial charge in [-0.2, -0.15) is 0 Å². The van der Waals surface area contributed by atoms with Crippen molar-refractivity contribution in [1.82, 2.24) is 9.88 Å². The number of carboxylic acid groups (broad SMARTS) is 1. The molecular weight excluding hydrogens is 272 g/mol. The molecule has 110 valence electrons. The van der Waals surface area contributed by atoms with Gasteiger partial charge in [-0.15, -0.1) is 0 Å². The zero-order valence-electron chi connectivity index (χ0n) is 11.3. The summed E-state index contributed by atoms with van der Waals surface area (Å²) in [5, 5.41) is 20.7. The van der Waals surface area contributed by atoms with Crippen LogP contribution in [0.3, 0.4) is 0 Å². The van der Waals surface area contributed by atoms with Crippen molar-refractivity contribution >= 4 is 17.0 Å². The number of carbonyl (C=O) groups is 1. The molecule has 0 spiro atoms. The van der Waals surface area contributed by atoms with Gasteiger partial charge in [0.05, 0.1) is 24.8 Å². The largest absolute Gasteiger partial charge is 0.465 e. The Morgan fingerprint density at radius 1 is 1.38 bits per heavy atom. The third-order valence-corrected chi connectivity index (χ3v) is 3.77. The van der Waals surface area contributed by atoms with Crippen LogP contribution in [0.15, 0.2) is 36.5 Å². The van der Waals surface area contributed by atoms with Crippen LogP contribution in [0.2, 0.25) is 0 Å². The van der Waals surface area contributed by atoms with Gasteiger partial charge in [0.25, 0.3) is 0 Å². The van der Waals surface area contributed by atoms with Gasteiger partial charge in [-0.25, -0.2) is 4.79 Å². The number of amides is 1. The van der Waals surface area contributed by atoms with Gasteiger partial charge in [-0.05, 0) is 17.7 Å². The van der Waals surface area contributed by atoms with E-state index in [0.717, 1.165) is 10.9 Å². The van der Waals surface area contributed by atoms with Crippen molar-refractivity contribution in [2.75, 3.05) is 19.8 Å². The van der Waals surface area contributed by atoms with Crippen molar-refractivity contribution in [3.8, 4) is 0 Å². The highest BCUT2D eigenvalue weighted by atomic mass is 16.5. The molecule has 0 bridgehead atoms. The molecule has 1 aliphatic heterocycles. The molecular formula is C15H16N2O4. The lowest BCUT2D eigenvalue weighted by Crippen LogP contribution is -2.51. The van der Waals surface area contributed by atoms with Gasteiger partial charge in [0.15, 0.2) is 0 Å². The van der Waals surface area contributed by atoms with E-state index >= 15 is 0 Å². The Kier molecular flexibility index (Phi) is 3.72. The molecule has 2 aromatic rings. The summed E-state index contributed by atoms with van der Waals surface area (Å²) in [4.78, 5) is 16.8. The zero-order valence-corrected chi connectivity index (χ0v) is 11.3. The first kappa shape index (κ1) is 13.8. The lowest BCUT2D eigenvalue weighted by Gasteiger charge is -2.36. The van der Waals surface area contributed by atoms with Crippen LogP contribution >= 0.6 is 0 Å². The molecule has 2 heterocycles. The molecule has 0 saturated carbocycles. The summed E-state index contributed by atoms with van der Waals surface area (Å²) < 4.78 is 5.34. The first-order chi connectivity index (χ1) is 10.2. The summed E-state index contributed by atoms with van der Waals surface area (Å²) >= 11 is 0. The number of ether oxygens (including phenoxy) is 1. The summed E-state index contributed by atoms with van der Waals surface area (Å²) in [7, 11) is 0. The zero-order chi connectivity index (χ0) is 14.8. The lowest BCUT2D eigenvalue weighted by molar-refractivity contribution is -0.0488. The van der Waals surface area contributed by atoms with E-state index in [9.17, 15) is 15.0 Å². The smallest absolute Gasteiger partial charge is 0.407 e. The lowest BCUT2D eigenvalue weighted by atomic mass is 9.97. The van der Waals surface area contributed by atoms with Crippen LogP contribution in [-0.2, 0) is 4.74 Å². The fourth-order valence-electron chi connectivity index (χ4n) is 2.71. The highest BCUT2D eigenvalue weighted by Crippen LogP contribution is 2.28. The molecule has 1 aliphatic rings. The van der Waals surface area contributed by atoms with Crippen LogP contribution in [0.1, 0.15) is 11.7 Å². The Labute approximate surface area is 121 Å². The number of morpholine rings is 1. The van der Waals surface area contributed by atoms with E-state index in [0.29, 0.717) is 12.2 Å². The second kappa shape index (κ2) is 5.67. The number of nitrogens with zero attached hydrogens (tertiary/aromatic N) is 2. The monoisotopic (exact) mass is 288 g/mol. The number of hydrogen-bond donors (Lipinski definition) is 2. The fraction of sp³-hybridized carbons (Fsp3) is 0.333. The number of hydrogen-bond acceptors (Lipinski definition) is 4. The molecule has 6 nitrogen and oxygen atoms in total. The molecule has 2 unspecified atom stereocenters. The number of pyridine rings is 1. The third kappa shape index (κ3) is 2.55. The van der Waals surface area contributed by atoms with E-state index in [2.05, 4.69) is 4.98 Å². The average Bonchev–Trinajstić information content (AvgIpc) is 2.53. The summed E-state index contributed by atoms with van der Waals surface area (Å²) in [5.74, 6) is 0. The van der Waals surface area contributed by atoms with Crippen LogP contribution in [0.4, 0.5) is 4.79 Å². The number of aromatic nitrogens is 1. The van der Waals surface area contributed by atoms with Crippen LogP contribution in [0, 0.1) is 0 Å². The number of aliphatic hydroxyl groups is 1. The van der Waals surface area contributed by atoms with E-state index in [1.54, 1.807) is 18.3 Å². The molecule has 0 radical (unpaired) electrons. The topological polar surface area (TPSA) is 82.9 Å². The summed E-state index contributed by atoms with van der Waals surface area (Å²) in [5.41, 5.74) is 1.44. The Bertz CT molecular complexity index is 656. The van der Waals surface area contributed by atoms with Gasteiger partial charge >= 0.3 is 6.09 Å². The fourth-order valence-corrected chi connectivity index (χ4v) is 2.71. The van der Waals surface area contributed by atoms with Crippen LogP contribution in [0.25, 0.3) is 10.9 Å². The summed E-state index contributed by atoms with van der Waals surface area (Å²) in [6, 6.07) is 8.52. The maximum Gasteiger partial charge on any atom is 0.407 e. The van der Waals surface area contributed by atoms with Gasteiger partial charge in [-0.3, -0.25) is 9.88 Å². The maximum absolute atomic E-state index is 11.3. The van der Waals surface area contributed by atoms with Gasteiger partial charge < -0.3 is 14.9 Å². The highest BCUT2D eigenvalue weighted by molar-refractivity contribution is 5.82. The van der Waals surface area contributed by atoms with Gasteiger partial charge in [0.2, 0.25) is 0 Å². The van der Waals surface area contributed by atoms with Crippen molar-refractivity contribution in [2.24, 2.45) is 0 Å². The number of benzene rings is 1. The number of aliphatic hydroxyl groups excluding tert-OH is 1. The van der Waals surface area contributed by atoms with Crippen LogP contribution in [0.5, 0.6) is 0 Å². The molecule has 2 N–H and O–H groups in total. The minimum absolute atomic E-state index is 0.185. The van der Waals surface area contributed by atoms with E-state index < -0.39 is 18.2 Å². The van der Waals surface area contributed by atoms with E-state index in [4.69, 9.17) is 4.74 Å². The van der Waals surface area contributed by atoms with E-state index in [-0.39, 0.29) is 13.2 Å². The quantitative estimate of drug-likeness (QED) is 0.878. The molecule has 1 saturated heterocycles. The number of fused-ring (bicyclic) bond motifs is 1. The Balaban J connectivity index is 1.99. The van der Waals surface area contributed by atoms with Crippen LogP contribution in [-0.4, -0.2) is 52.0 Å². The maximum atomic E-state index is 11.3. The SMILES string of the molecule is O=C(O)N1CCOCC1C(O)c1cccc2ncccc12. The first-order valence-electron chi connectivity index (χ1n) is 6.77. The molecule has 2 atom stereocenters. The predicted molar refractivity (Wildman–Crippen MR) is 76.0 cm³/mol. The Morgan fingerprint density at radius 2 is 2.24 bits per heavy atom. The highest BCUT2D eigenvalue weighted by Gasteiger charge is 2.34. The van der Waals surface area contributed by atoms with E-state index in [1.165, 1.54) is 4.90 Å². The minimum atomic E-state index is -1.04. The first-order valence-corrected chi connectivity index (χ1v) is 6.77. The van der Waals surface area contributed by atoms with Crippen molar-refractivity contribution in [1.29, 1.82) is 0 Å². The molecule has 3 rings (SSSR count). The van der Waals surface area contributed by atoms with Crippen LogP contribution < -0.4 is 0 Å². The second-order valence-electron chi connectivity index (χ2n) is 4.98. The van der Waals surface area contributed by atoms with Crippen molar-refractivity contribution < 1.29 is 19.7 Å². The summed E-state index contributed by atoms with van der Waals surface area (Å²) in [6.07, 6.45) is -0.304. The second-order valence-corrected chi connectivity index (χ2v) is 4.98. The normalized spacial score (nSPS) is 20.4. The predicted octanol–water partition coefficient (Wildman–Crippen LogP) is 1.65. The van der Waals surface area contributed by atoms with Gasteiger partial charge in [0.1, 0.15) is 6.10 Å². The van der Waals surface area contributed by atoms with E-state index in [1.807, 2.05) is 18.2 Å². The molecule has 6 heteroatoms. The van der Waals surface area contributed by atoms with Crippen molar-refractivity contribution in [3.63, 3.8) is 0 Å². The third-order valence-electron chi connectivity index (χ3n) is 3.77. The van der Waals surface area contributed by atoms with Gasteiger partial charge in [-0.1, -0.05) is 18.2 Å². The molecule has 21 heavy (non-hydrogen) atoms. The molecule has 0 aliphatic carbocycles. The standard InChI is InChI=1S/C15H16N2O4/c18-14(13-9-21-8-7-17(13)15(19)20)11-3-1-5-12-10(11)4-2-6-16-12/h1-6,13-14,18H,7-9H2,(H,19,20). The van der Waals surface area contributed by atoms with Crippen molar-refractivity contribution in [3.05, 3.63) is 42.1 Å². The molecule has 1 fully saturated rings. The molecule has 1 amide bonds. The molecule has 1 aromatic heterocycles. The number of rotatable bonds is 2. The van der Waals surface area contributed by atoms with Crippen molar-refractivity contribution in [2.45, 2.75) is 12.1 Å². The molecule has 1 aromatic carbocycles.